The number of thiophene rings is 2. The lowest BCUT2D eigenvalue weighted by Gasteiger charge is -2.34. The first-order valence-electron chi connectivity index (χ1n) is 10.4. The van der Waals surface area contributed by atoms with Crippen molar-refractivity contribution in [2.24, 2.45) is 4.99 Å². The molecule has 0 aliphatic carbocycles. The van der Waals surface area contributed by atoms with Gasteiger partial charge in [0.1, 0.15) is 0 Å². The highest BCUT2D eigenvalue weighted by atomic mass is 127. The number of rotatable bonds is 7. The minimum atomic E-state index is 0. The van der Waals surface area contributed by atoms with Crippen molar-refractivity contribution in [3.63, 3.8) is 0 Å². The number of hydrogen-bond acceptors (Lipinski definition) is 6. The summed E-state index contributed by atoms with van der Waals surface area (Å²) in [6.45, 7) is 8.61. The number of morpholine rings is 1. The molecule has 2 aliphatic rings. The molecule has 30 heavy (non-hydrogen) atoms. The first-order chi connectivity index (χ1) is 14.3. The summed E-state index contributed by atoms with van der Waals surface area (Å²) in [7, 11) is 1.85. The van der Waals surface area contributed by atoms with E-state index in [1.165, 1.54) is 16.9 Å². The molecule has 0 aromatic carbocycles. The van der Waals surface area contributed by atoms with E-state index in [2.05, 4.69) is 54.4 Å². The molecule has 0 radical (unpaired) electrons. The summed E-state index contributed by atoms with van der Waals surface area (Å²) in [6.07, 6.45) is 1.18. The molecular weight excluding hydrogens is 529 g/mol. The summed E-state index contributed by atoms with van der Waals surface area (Å²) in [6, 6.07) is 7.00. The molecule has 9 heteroatoms. The summed E-state index contributed by atoms with van der Waals surface area (Å²) in [4.78, 5) is 12.4. The third-order valence-electron chi connectivity index (χ3n) is 5.65. The van der Waals surface area contributed by atoms with Gasteiger partial charge < -0.3 is 15.4 Å². The number of nitrogens with one attached hydrogen (secondary N) is 2. The van der Waals surface area contributed by atoms with Gasteiger partial charge in [-0.3, -0.25) is 14.8 Å². The van der Waals surface area contributed by atoms with Crippen molar-refractivity contribution < 1.29 is 4.74 Å². The van der Waals surface area contributed by atoms with Crippen LogP contribution in [0.4, 0.5) is 0 Å². The average molecular weight is 562 g/mol. The molecule has 0 saturated carbocycles. The van der Waals surface area contributed by atoms with E-state index in [1.54, 1.807) is 4.88 Å². The molecule has 1 saturated heterocycles. The Balaban J connectivity index is 0.00000256. The second-order valence-electron chi connectivity index (χ2n) is 7.45. The van der Waals surface area contributed by atoms with E-state index in [0.29, 0.717) is 6.04 Å². The van der Waals surface area contributed by atoms with Crippen molar-refractivity contribution in [1.82, 2.24) is 20.4 Å². The van der Waals surface area contributed by atoms with Gasteiger partial charge in [-0.2, -0.15) is 0 Å². The normalized spacial score (nSPS) is 19.0. The SMILES string of the molecule is CN=C(NCCN1CCc2sccc2C1)NCC(c1cccs1)N1CCOCC1.I. The maximum Gasteiger partial charge on any atom is 0.191 e. The number of halogens is 1. The second-order valence-corrected chi connectivity index (χ2v) is 9.43. The van der Waals surface area contributed by atoms with Crippen LogP contribution >= 0.6 is 46.7 Å². The van der Waals surface area contributed by atoms with Crippen LogP contribution in [-0.4, -0.2) is 75.3 Å². The Labute approximate surface area is 204 Å². The van der Waals surface area contributed by atoms with Crippen LogP contribution in [0.15, 0.2) is 34.0 Å². The zero-order valence-corrected chi connectivity index (χ0v) is 21.5. The van der Waals surface area contributed by atoms with E-state index in [0.717, 1.165) is 65.0 Å². The fraction of sp³-hybridized carbons (Fsp3) is 0.571. The third-order valence-corrected chi connectivity index (χ3v) is 7.65. The van der Waals surface area contributed by atoms with E-state index in [4.69, 9.17) is 4.74 Å². The molecule has 6 nitrogen and oxygen atoms in total. The summed E-state index contributed by atoms with van der Waals surface area (Å²) < 4.78 is 5.54. The molecule has 4 heterocycles. The highest BCUT2D eigenvalue weighted by Gasteiger charge is 2.23. The zero-order valence-electron chi connectivity index (χ0n) is 17.5. The van der Waals surface area contributed by atoms with Crippen LogP contribution in [-0.2, 0) is 17.7 Å². The van der Waals surface area contributed by atoms with Gasteiger partial charge in [-0.15, -0.1) is 46.7 Å². The van der Waals surface area contributed by atoms with E-state index < -0.39 is 0 Å². The molecule has 2 N–H and O–H groups in total. The van der Waals surface area contributed by atoms with Gasteiger partial charge in [0.2, 0.25) is 0 Å². The van der Waals surface area contributed by atoms with Crippen LogP contribution in [0.25, 0.3) is 0 Å². The molecule has 0 bridgehead atoms. The molecule has 2 aliphatic heterocycles. The van der Waals surface area contributed by atoms with Gasteiger partial charge in [0, 0.05) is 62.6 Å². The first kappa shape index (κ1) is 23.9. The van der Waals surface area contributed by atoms with Gasteiger partial charge in [-0.25, -0.2) is 0 Å². The molecule has 0 amide bonds. The Morgan fingerprint density at radius 1 is 1.17 bits per heavy atom. The summed E-state index contributed by atoms with van der Waals surface area (Å²) in [5.74, 6) is 0.882. The molecule has 166 valence electrons. The van der Waals surface area contributed by atoms with Crippen LogP contribution in [0.1, 0.15) is 21.4 Å². The second kappa shape index (κ2) is 12.4. The molecule has 1 atom stereocenters. The third kappa shape index (κ3) is 6.39. The predicted molar refractivity (Wildman–Crippen MR) is 138 cm³/mol. The Morgan fingerprint density at radius 2 is 2.03 bits per heavy atom. The van der Waals surface area contributed by atoms with Crippen molar-refractivity contribution in [1.29, 1.82) is 0 Å². The number of aliphatic imine (C=N–C) groups is 1. The van der Waals surface area contributed by atoms with E-state index in [1.807, 2.05) is 29.7 Å². The lowest BCUT2D eigenvalue weighted by atomic mass is 10.1. The largest absolute Gasteiger partial charge is 0.379 e. The fourth-order valence-corrected chi connectivity index (χ4v) is 5.77. The van der Waals surface area contributed by atoms with Crippen molar-refractivity contribution in [3.8, 4) is 0 Å². The van der Waals surface area contributed by atoms with E-state index >= 15 is 0 Å². The zero-order chi connectivity index (χ0) is 19.9. The highest BCUT2D eigenvalue weighted by molar-refractivity contribution is 14.0. The van der Waals surface area contributed by atoms with Crippen LogP contribution < -0.4 is 10.6 Å². The summed E-state index contributed by atoms with van der Waals surface area (Å²) >= 11 is 3.72. The van der Waals surface area contributed by atoms with Crippen LogP contribution in [0, 0.1) is 0 Å². The van der Waals surface area contributed by atoms with Crippen molar-refractivity contribution in [2.45, 2.75) is 19.0 Å². The Bertz CT molecular complexity index is 776. The number of nitrogens with zero attached hydrogens (tertiary/aromatic N) is 3. The van der Waals surface area contributed by atoms with Gasteiger partial charge in [0.05, 0.1) is 19.3 Å². The average Bonchev–Trinajstić information content (AvgIpc) is 3.45. The smallest absolute Gasteiger partial charge is 0.191 e. The Morgan fingerprint density at radius 3 is 2.80 bits per heavy atom. The van der Waals surface area contributed by atoms with Crippen molar-refractivity contribution in [2.75, 3.05) is 59.5 Å². The first-order valence-corrected chi connectivity index (χ1v) is 12.2. The van der Waals surface area contributed by atoms with Crippen LogP contribution in [0.5, 0.6) is 0 Å². The number of hydrogen-bond donors (Lipinski definition) is 2. The van der Waals surface area contributed by atoms with Gasteiger partial charge >= 0.3 is 0 Å². The molecule has 2 aromatic heterocycles. The standard InChI is InChI=1S/C21H31N5OS2.HI/c1-22-21(23-6-8-25-7-4-19-17(16-25)5-14-29-19)24-15-18(20-3-2-13-28-20)26-9-11-27-12-10-26;/h2-3,5,13-14,18H,4,6-12,15-16H2,1H3,(H2,22,23,24);1H. The van der Waals surface area contributed by atoms with Crippen molar-refractivity contribution >= 4 is 52.6 Å². The molecule has 2 aromatic rings. The highest BCUT2D eigenvalue weighted by Crippen LogP contribution is 2.25. The maximum atomic E-state index is 5.54. The van der Waals surface area contributed by atoms with E-state index in [9.17, 15) is 0 Å². The number of ether oxygens (including phenoxy) is 1. The van der Waals surface area contributed by atoms with Gasteiger partial charge in [-0.1, -0.05) is 6.07 Å². The van der Waals surface area contributed by atoms with Gasteiger partial charge in [0.25, 0.3) is 0 Å². The number of guanidine groups is 1. The van der Waals surface area contributed by atoms with Crippen LogP contribution in [0.3, 0.4) is 0 Å². The summed E-state index contributed by atoms with van der Waals surface area (Å²) in [5, 5.41) is 11.4. The monoisotopic (exact) mass is 561 g/mol. The fourth-order valence-electron chi connectivity index (χ4n) is 4.02. The molecule has 1 fully saturated rings. The number of fused-ring (bicyclic) bond motifs is 1. The van der Waals surface area contributed by atoms with E-state index in [-0.39, 0.29) is 24.0 Å². The Hall–Kier alpha value is -0.720. The molecule has 1 unspecified atom stereocenters. The quantitative estimate of drug-likeness (QED) is 0.310. The maximum absolute atomic E-state index is 5.54. The molecule has 4 rings (SSSR count). The topological polar surface area (TPSA) is 52.1 Å². The molecular formula is C21H32IN5OS2. The minimum absolute atomic E-state index is 0. The lowest BCUT2D eigenvalue weighted by Crippen LogP contribution is -2.47. The summed E-state index contributed by atoms with van der Waals surface area (Å²) in [5.41, 5.74) is 1.51. The van der Waals surface area contributed by atoms with Crippen LogP contribution in [0.2, 0.25) is 0 Å². The van der Waals surface area contributed by atoms with Crippen molar-refractivity contribution in [3.05, 3.63) is 44.3 Å². The molecule has 0 spiro atoms. The predicted octanol–water partition coefficient (Wildman–Crippen LogP) is 3.02. The van der Waals surface area contributed by atoms with Gasteiger partial charge in [0.15, 0.2) is 5.96 Å². The lowest BCUT2D eigenvalue weighted by molar-refractivity contribution is 0.0177. The Kier molecular flexibility index (Phi) is 9.85. The minimum Gasteiger partial charge on any atom is -0.379 e. The van der Waals surface area contributed by atoms with Gasteiger partial charge in [-0.05, 0) is 34.9 Å².